The number of amides is 1. The van der Waals surface area contributed by atoms with Crippen LogP contribution in [0, 0.1) is 12.8 Å². The van der Waals surface area contributed by atoms with E-state index in [1.165, 1.54) is 19.3 Å². The Hall–Kier alpha value is -1.06. The van der Waals surface area contributed by atoms with E-state index in [0.29, 0.717) is 11.6 Å². The van der Waals surface area contributed by atoms with Crippen LogP contribution in [0.5, 0.6) is 0 Å². The quantitative estimate of drug-likeness (QED) is 0.752. The summed E-state index contributed by atoms with van der Waals surface area (Å²) >= 11 is 5.91. The highest BCUT2D eigenvalue weighted by Crippen LogP contribution is 2.33. The van der Waals surface area contributed by atoms with E-state index in [1.807, 2.05) is 19.1 Å². The molecule has 0 unspecified atom stereocenters. The fourth-order valence-electron chi connectivity index (χ4n) is 2.05. The molecule has 1 aliphatic rings. The summed E-state index contributed by atoms with van der Waals surface area (Å²) in [4.78, 5) is 11.8. The number of halogens is 1. The molecule has 1 aromatic carbocycles. The summed E-state index contributed by atoms with van der Waals surface area (Å²) in [6, 6.07) is 5.51. The van der Waals surface area contributed by atoms with Gasteiger partial charge in [-0.2, -0.15) is 0 Å². The maximum absolute atomic E-state index is 11.8. The molecule has 2 N–H and O–H groups in total. The number of rotatable bonds is 7. The summed E-state index contributed by atoms with van der Waals surface area (Å²) in [7, 11) is 0. The first kappa shape index (κ1) is 14.4. The number of carbonyl (C=O) groups excluding carboxylic acids is 1. The SMILES string of the molecule is Cc1ccc(Cl)cc1NC(=O)CNCCCC1CC1. The minimum absolute atomic E-state index is 0.0169. The zero-order valence-electron chi connectivity index (χ0n) is 11.3. The number of aryl methyl sites for hydroxylation is 1. The molecule has 4 heteroatoms. The summed E-state index contributed by atoms with van der Waals surface area (Å²) in [5.74, 6) is 0.946. The van der Waals surface area contributed by atoms with Gasteiger partial charge in [-0.1, -0.05) is 30.5 Å². The fourth-order valence-corrected chi connectivity index (χ4v) is 2.22. The Morgan fingerprint density at radius 2 is 2.21 bits per heavy atom. The van der Waals surface area contributed by atoms with Crippen LogP contribution in [0.1, 0.15) is 31.2 Å². The molecule has 1 aliphatic carbocycles. The van der Waals surface area contributed by atoms with Crippen molar-refractivity contribution >= 4 is 23.2 Å². The molecule has 0 aliphatic heterocycles. The number of hydrogen-bond acceptors (Lipinski definition) is 2. The molecular formula is C15H21ClN2O. The van der Waals surface area contributed by atoms with Crippen molar-refractivity contribution in [2.75, 3.05) is 18.4 Å². The zero-order valence-corrected chi connectivity index (χ0v) is 12.1. The second-order valence-electron chi connectivity index (χ2n) is 5.27. The third-order valence-electron chi connectivity index (χ3n) is 3.42. The van der Waals surface area contributed by atoms with Crippen LogP contribution in [0.2, 0.25) is 5.02 Å². The van der Waals surface area contributed by atoms with Crippen LogP contribution in [0.25, 0.3) is 0 Å². The van der Waals surface area contributed by atoms with Crippen molar-refractivity contribution in [1.29, 1.82) is 0 Å². The van der Waals surface area contributed by atoms with E-state index in [-0.39, 0.29) is 5.91 Å². The van der Waals surface area contributed by atoms with Crippen molar-refractivity contribution in [3.05, 3.63) is 28.8 Å². The average Bonchev–Trinajstić information content (AvgIpc) is 3.17. The van der Waals surface area contributed by atoms with E-state index in [9.17, 15) is 4.79 Å². The van der Waals surface area contributed by atoms with Crippen molar-refractivity contribution in [3.63, 3.8) is 0 Å². The van der Waals surface area contributed by atoms with Gasteiger partial charge in [-0.25, -0.2) is 0 Å². The highest BCUT2D eigenvalue weighted by Gasteiger charge is 2.19. The first-order chi connectivity index (χ1) is 9.15. The minimum Gasteiger partial charge on any atom is -0.325 e. The lowest BCUT2D eigenvalue weighted by molar-refractivity contribution is -0.115. The molecule has 104 valence electrons. The third-order valence-corrected chi connectivity index (χ3v) is 3.66. The normalized spacial score (nSPS) is 14.4. The summed E-state index contributed by atoms with van der Waals surface area (Å²) in [5.41, 5.74) is 1.81. The van der Waals surface area contributed by atoms with Crippen molar-refractivity contribution in [2.24, 2.45) is 5.92 Å². The Balaban J connectivity index is 1.66. The number of carbonyl (C=O) groups is 1. The lowest BCUT2D eigenvalue weighted by atomic mass is 10.2. The molecule has 1 saturated carbocycles. The van der Waals surface area contributed by atoms with E-state index >= 15 is 0 Å². The predicted octanol–water partition coefficient (Wildman–Crippen LogP) is 3.37. The second kappa shape index (κ2) is 6.92. The molecule has 0 bridgehead atoms. The topological polar surface area (TPSA) is 41.1 Å². The smallest absolute Gasteiger partial charge is 0.238 e. The highest BCUT2D eigenvalue weighted by molar-refractivity contribution is 6.31. The summed E-state index contributed by atoms with van der Waals surface area (Å²) in [5, 5.41) is 6.69. The third kappa shape index (κ3) is 5.21. The number of benzene rings is 1. The molecular weight excluding hydrogens is 260 g/mol. The van der Waals surface area contributed by atoms with Gasteiger partial charge in [-0.15, -0.1) is 0 Å². The van der Waals surface area contributed by atoms with Gasteiger partial charge in [0.15, 0.2) is 0 Å². The van der Waals surface area contributed by atoms with E-state index < -0.39 is 0 Å². The van der Waals surface area contributed by atoms with Gasteiger partial charge in [-0.05, 0) is 49.9 Å². The lowest BCUT2D eigenvalue weighted by Crippen LogP contribution is -2.29. The Morgan fingerprint density at radius 1 is 1.42 bits per heavy atom. The van der Waals surface area contributed by atoms with Crippen LogP contribution in [0.15, 0.2) is 18.2 Å². The van der Waals surface area contributed by atoms with E-state index in [4.69, 9.17) is 11.6 Å². The molecule has 0 saturated heterocycles. The summed E-state index contributed by atoms with van der Waals surface area (Å²) in [6.45, 7) is 3.23. The Morgan fingerprint density at radius 3 is 2.95 bits per heavy atom. The van der Waals surface area contributed by atoms with E-state index in [2.05, 4.69) is 10.6 Å². The summed E-state index contributed by atoms with van der Waals surface area (Å²) in [6.07, 6.45) is 5.25. The van der Waals surface area contributed by atoms with Gasteiger partial charge >= 0.3 is 0 Å². The van der Waals surface area contributed by atoms with Crippen molar-refractivity contribution in [1.82, 2.24) is 5.32 Å². The molecule has 1 fully saturated rings. The second-order valence-corrected chi connectivity index (χ2v) is 5.71. The molecule has 0 atom stereocenters. The van der Waals surface area contributed by atoms with Crippen LogP contribution < -0.4 is 10.6 Å². The molecule has 1 aromatic rings. The van der Waals surface area contributed by atoms with Gasteiger partial charge < -0.3 is 10.6 Å². The Kier molecular flexibility index (Phi) is 5.23. The van der Waals surface area contributed by atoms with Gasteiger partial charge in [0.2, 0.25) is 5.91 Å². The maximum atomic E-state index is 11.8. The van der Waals surface area contributed by atoms with Crippen LogP contribution in [-0.2, 0) is 4.79 Å². The molecule has 0 heterocycles. The highest BCUT2D eigenvalue weighted by atomic mass is 35.5. The lowest BCUT2D eigenvalue weighted by Gasteiger charge is -2.09. The average molecular weight is 281 g/mol. The predicted molar refractivity (Wildman–Crippen MR) is 79.6 cm³/mol. The Bertz CT molecular complexity index is 444. The molecule has 19 heavy (non-hydrogen) atoms. The fraction of sp³-hybridized carbons (Fsp3) is 0.533. The molecule has 3 nitrogen and oxygen atoms in total. The van der Waals surface area contributed by atoms with Crippen LogP contribution in [-0.4, -0.2) is 19.0 Å². The molecule has 0 spiro atoms. The molecule has 1 amide bonds. The van der Waals surface area contributed by atoms with Crippen LogP contribution >= 0.6 is 11.6 Å². The molecule has 2 rings (SSSR count). The number of anilines is 1. The van der Waals surface area contributed by atoms with Crippen molar-refractivity contribution < 1.29 is 4.79 Å². The van der Waals surface area contributed by atoms with Crippen molar-refractivity contribution in [2.45, 2.75) is 32.6 Å². The molecule has 0 aromatic heterocycles. The number of nitrogens with one attached hydrogen (secondary N) is 2. The molecule has 0 radical (unpaired) electrons. The monoisotopic (exact) mass is 280 g/mol. The number of hydrogen-bond donors (Lipinski definition) is 2. The van der Waals surface area contributed by atoms with E-state index in [0.717, 1.165) is 30.1 Å². The largest absolute Gasteiger partial charge is 0.325 e. The van der Waals surface area contributed by atoms with Crippen LogP contribution in [0.4, 0.5) is 5.69 Å². The van der Waals surface area contributed by atoms with Gasteiger partial charge in [0.25, 0.3) is 0 Å². The van der Waals surface area contributed by atoms with Gasteiger partial charge in [-0.3, -0.25) is 4.79 Å². The Labute approximate surface area is 119 Å². The minimum atomic E-state index is -0.0169. The van der Waals surface area contributed by atoms with Gasteiger partial charge in [0.1, 0.15) is 0 Å². The standard InChI is InChI=1S/C15H21ClN2O/c1-11-4-7-13(16)9-14(11)18-15(19)10-17-8-2-3-12-5-6-12/h4,7,9,12,17H,2-3,5-6,8,10H2,1H3,(H,18,19). The van der Waals surface area contributed by atoms with E-state index in [1.54, 1.807) is 6.07 Å². The van der Waals surface area contributed by atoms with Crippen LogP contribution in [0.3, 0.4) is 0 Å². The van der Waals surface area contributed by atoms with Gasteiger partial charge in [0, 0.05) is 10.7 Å². The van der Waals surface area contributed by atoms with Crippen molar-refractivity contribution in [3.8, 4) is 0 Å². The van der Waals surface area contributed by atoms with Gasteiger partial charge in [0.05, 0.1) is 6.54 Å². The first-order valence-electron chi connectivity index (χ1n) is 6.92. The first-order valence-corrected chi connectivity index (χ1v) is 7.29. The zero-order chi connectivity index (χ0) is 13.7. The maximum Gasteiger partial charge on any atom is 0.238 e. The summed E-state index contributed by atoms with van der Waals surface area (Å²) < 4.78 is 0.